The average molecular weight is 304 g/mol. The van der Waals surface area contributed by atoms with Gasteiger partial charge in [-0.2, -0.15) is 13.2 Å². The molecule has 8 heteroatoms. The van der Waals surface area contributed by atoms with Gasteiger partial charge in [-0.25, -0.2) is 4.39 Å². The van der Waals surface area contributed by atoms with Crippen molar-refractivity contribution in [3.63, 3.8) is 0 Å². The predicted molar refractivity (Wildman–Crippen MR) is 64.9 cm³/mol. The average Bonchev–Trinajstić information content (AvgIpc) is 2.80. The zero-order valence-electron chi connectivity index (χ0n) is 10.8. The topological polar surface area (TPSA) is 58.2 Å². The summed E-state index contributed by atoms with van der Waals surface area (Å²) in [6.45, 7) is 0.533. The Morgan fingerprint density at radius 1 is 1.33 bits per heavy atom. The first-order chi connectivity index (χ1) is 9.75. The highest BCUT2D eigenvalue weighted by atomic mass is 19.4. The molecule has 1 saturated heterocycles. The summed E-state index contributed by atoms with van der Waals surface area (Å²) in [4.78, 5) is 22.7. The first kappa shape index (κ1) is 15.3. The maximum absolute atomic E-state index is 13.2. The lowest BCUT2D eigenvalue weighted by molar-refractivity contribution is -0.137. The van der Waals surface area contributed by atoms with Crippen LogP contribution < -0.4 is 10.6 Å². The molecule has 1 unspecified atom stereocenters. The van der Waals surface area contributed by atoms with Gasteiger partial charge in [-0.15, -0.1) is 0 Å². The fourth-order valence-electron chi connectivity index (χ4n) is 2.03. The van der Waals surface area contributed by atoms with Gasteiger partial charge in [0.1, 0.15) is 5.82 Å². The van der Waals surface area contributed by atoms with Gasteiger partial charge in [-0.1, -0.05) is 0 Å². The Labute approximate surface area is 117 Å². The van der Waals surface area contributed by atoms with Crippen LogP contribution in [0.5, 0.6) is 0 Å². The van der Waals surface area contributed by atoms with Gasteiger partial charge in [0.2, 0.25) is 5.91 Å². The molecule has 0 aromatic heterocycles. The van der Waals surface area contributed by atoms with Gasteiger partial charge in [0, 0.05) is 31.0 Å². The summed E-state index contributed by atoms with van der Waals surface area (Å²) in [5, 5.41) is 4.97. The molecule has 2 amide bonds. The molecule has 2 N–H and O–H groups in total. The number of amides is 2. The SMILES string of the molecule is O=C1CC(CNC(=O)c2cc(F)cc(C(F)(F)F)c2)CN1. The zero-order valence-corrected chi connectivity index (χ0v) is 10.8. The van der Waals surface area contributed by atoms with Crippen LogP contribution in [-0.4, -0.2) is 24.9 Å². The minimum Gasteiger partial charge on any atom is -0.356 e. The molecule has 1 heterocycles. The van der Waals surface area contributed by atoms with E-state index in [1.165, 1.54) is 0 Å². The highest BCUT2D eigenvalue weighted by Gasteiger charge is 2.32. The minimum atomic E-state index is -4.72. The van der Waals surface area contributed by atoms with E-state index in [0.29, 0.717) is 18.7 Å². The third kappa shape index (κ3) is 3.93. The van der Waals surface area contributed by atoms with Gasteiger partial charge in [0.15, 0.2) is 0 Å². The fourth-order valence-corrected chi connectivity index (χ4v) is 2.03. The van der Waals surface area contributed by atoms with E-state index in [9.17, 15) is 27.2 Å². The predicted octanol–water partition coefficient (Wildman–Crippen LogP) is 1.71. The summed E-state index contributed by atoms with van der Waals surface area (Å²) in [5.41, 5.74) is -1.62. The second kappa shape index (κ2) is 5.71. The summed E-state index contributed by atoms with van der Waals surface area (Å²) in [7, 11) is 0. The van der Waals surface area contributed by atoms with Gasteiger partial charge < -0.3 is 10.6 Å². The maximum Gasteiger partial charge on any atom is 0.416 e. The highest BCUT2D eigenvalue weighted by molar-refractivity contribution is 5.94. The summed E-state index contributed by atoms with van der Waals surface area (Å²) in [6, 6.07) is 1.66. The fraction of sp³-hybridized carbons (Fsp3) is 0.385. The molecule has 0 radical (unpaired) electrons. The number of hydrogen-bond acceptors (Lipinski definition) is 2. The molecule has 21 heavy (non-hydrogen) atoms. The lowest BCUT2D eigenvalue weighted by Gasteiger charge is -2.11. The lowest BCUT2D eigenvalue weighted by Crippen LogP contribution is -2.30. The van der Waals surface area contributed by atoms with Crippen LogP contribution in [0.1, 0.15) is 22.3 Å². The number of rotatable bonds is 3. The van der Waals surface area contributed by atoms with Crippen LogP contribution in [0.3, 0.4) is 0 Å². The second-order valence-electron chi connectivity index (χ2n) is 4.81. The Morgan fingerprint density at radius 3 is 2.62 bits per heavy atom. The first-order valence-electron chi connectivity index (χ1n) is 6.18. The molecule has 1 aromatic rings. The number of halogens is 4. The Kier molecular flexibility index (Phi) is 4.15. The van der Waals surface area contributed by atoms with Crippen LogP contribution in [-0.2, 0) is 11.0 Å². The summed E-state index contributed by atoms with van der Waals surface area (Å²) in [5.74, 6) is -2.19. The molecule has 0 spiro atoms. The Bertz CT molecular complexity index is 572. The van der Waals surface area contributed by atoms with Crippen molar-refractivity contribution in [1.82, 2.24) is 10.6 Å². The quantitative estimate of drug-likeness (QED) is 0.835. The number of benzene rings is 1. The molecule has 114 valence electrons. The van der Waals surface area contributed by atoms with Crippen molar-refractivity contribution in [3.05, 3.63) is 35.1 Å². The Balaban J connectivity index is 2.05. The van der Waals surface area contributed by atoms with Crippen LogP contribution in [0.15, 0.2) is 18.2 Å². The highest BCUT2D eigenvalue weighted by Crippen LogP contribution is 2.30. The number of carbonyl (C=O) groups excluding carboxylic acids is 2. The number of alkyl halides is 3. The van der Waals surface area contributed by atoms with Crippen molar-refractivity contribution in [1.29, 1.82) is 0 Å². The van der Waals surface area contributed by atoms with E-state index in [2.05, 4.69) is 10.6 Å². The van der Waals surface area contributed by atoms with Crippen LogP contribution in [0.2, 0.25) is 0 Å². The first-order valence-corrected chi connectivity index (χ1v) is 6.18. The molecule has 1 atom stereocenters. The van der Waals surface area contributed by atoms with E-state index in [-0.39, 0.29) is 24.8 Å². The third-order valence-electron chi connectivity index (χ3n) is 3.10. The molecule has 4 nitrogen and oxygen atoms in total. The maximum atomic E-state index is 13.2. The number of carbonyl (C=O) groups is 2. The second-order valence-corrected chi connectivity index (χ2v) is 4.81. The summed E-state index contributed by atoms with van der Waals surface area (Å²) < 4.78 is 50.8. The monoisotopic (exact) mass is 304 g/mol. The van der Waals surface area contributed by atoms with Crippen molar-refractivity contribution in [2.45, 2.75) is 12.6 Å². The standard InChI is InChI=1S/C13H12F4N2O2/c14-10-3-8(2-9(4-10)13(15,16)17)12(21)19-6-7-1-11(20)18-5-7/h2-4,7H,1,5-6H2,(H,18,20)(H,19,21). The molecule has 2 rings (SSSR count). The molecule has 1 aliphatic heterocycles. The van der Waals surface area contributed by atoms with Crippen LogP contribution >= 0.6 is 0 Å². The molecule has 0 aliphatic carbocycles. The smallest absolute Gasteiger partial charge is 0.356 e. The van der Waals surface area contributed by atoms with Crippen molar-refractivity contribution in [2.24, 2.45) is 5.92 Å². The lowest BCUT2D eigenvalue weighted by atomic mass is 10.1. The normalized spacial score (nSPS) is 18.5. The Hall–Kier alpha value is -2.12. The van der Waals surface area contributed by atoms with E-state index >= 15 is 0 Å². The van der Waals surface area contributed by atoms with Crippen LogP contribution in [0, 0.1) is 11.7 Å². The van der Waals surface area contributed by atoms with E-state index < -0.39 is 29.0 Å². The number of nitrogens with one attached hydrogen (secondary N) is 2. The van der Waals surface area contributed by atoms with Gasteiger partial charge in [-0.3, -0.25) is 9.59 Å². The van der Waals surface area contributed by atoms with E-state index in [1.807, 2.05) is 0 Å². The van der Waals surface area contributed by atoms with Gasteiger partial charge in [-0.05, 0) is 18.2 Å². The van der Waals surface area contributed by atoms with E-state index in [0.717, 1.165) is 6.07 Å². The third-order valence-corrected chi connectivity index (χ3v) is 3.10. The minimum absolute atomic E-state index is 0.114. The summed E-state index contributed by atoms with van der Waals surface area (Å²) in [6.07, 6.45) is -4.48. The molecule has 0 bridgehead atoms. The molecular formula is C13H12F4N2O2. The summed E-state index contributed by atoms with van der Waals surface area (Å²) >= 11 is 0. The van der Waals surface area contributed by atoms with Crippen molar-refractivity contribution in [2.75, 3.05) is 13.1 Å². The van der Waals surface area contributed by atoms with Crippen LogP contribution in [0.25, 0.3) is 0 Å². The Morgan fingerprint density at radius 2 is 2.05 bits per heavy atom. The largest absolute Gasteiger partial charge is 0.416 e. The zero-order chi connectivity index (χ0) is 15.6. The van der Waals surface area contributed by atoms with Crippen LogP contribution in [0.4, 0.5) is 17.6 Å². The van der Waals surface area contributed by atoms with E-state index in [4.69, 9.17) is 0 Å². The van der Waals surface area contributed by atoms with E-state index in [1.54, 1.807) is 0 Å². The molecule has 0 saturated carbocycles. The van der Waals surface area contributed by atoms with Gasteiger partial charge in [0.25, 0.3) is 5.91 Å². The number of hydrogen-bond donors (Lipinski definition) is 2. The molecule has 1 aromatic carbocycles. The van der Waals surface area contributed by atoms with Crippen molar-refractivity contribution < 1.29 is 27.2 Å². The molecule has 1 fully saturated rings. The van der Waals surface area contributed by atoms with Gasteiger partial charge in [0.05, 0.1) is 5.56 Å². The molecule has 1 aliphatic rings. The van der Waals surface area contributed by atoms with Gasteiger partial charge >= 0.3 is 6.18 Å². The van der Waals surface area contributed by atoms with Crippen molar-refractivity contribution >= 4 is 11.8 Å². The van der Waals surface area contributed by atoms with Crippen molar-refractivity contribution in [3.8, 4) is 0 Å². The molecular weight excluding hydrogens is 292 g/mol.